The minimum absolute atomic E-state index is 0.103. The zero-order valence-corrected chi connectivity index (χ0v) is 14.8. The predicted octanol–water partition coefficient (Wildman–Crippen LogP) is 0.0449. The molecule has 24 heavy (non-hydrogen) atoms. The summed E-state index contributed by atoms with van der Waals surface area (Å²) in [5.41, 5.74) is 6.53. The second-order valence-corrected chi connectivity index (χ2v) is 7.65. The standard InChI is InChI=1S/C15H24N4O4S/c1-10(2)13(19-15(16)21)14(20)18-8-11-4-6-12(7-5-11)9-24(22,23)17-3/h4-7,10,13,17H,8-9H2,1-3H3,(H,18,20)(H3,16,19,21). The molecule has 0 aliphatic rings. The summed E-state index contributed by atoms with van der Waals surface area (Å²) in [6.45, 7) is 3.87. The number of nitrogens with two attached hydrogens (primary N) is 1. The minimum Gasteiger partial charge on any atom is -0.352 e. The van der Waals surface area contributed by atoms with Crippen molar-refractivity contribution in [3.8, 4) is 0 Å². The highest BCUT2D eigenvalue weighted by atomic mass is 32.2. The predicted molar refractivity (Wildman–Crippen MR) is 91.3 cm³/mol. The molecule has 0 saturated carbocycles. The van der Waals surface area contributed by atoms with Gasteiger partial charge in [-0.2, -0.15) is 0 Å². The largest absolute Gasteiger partial charge is 0.352 e. The molecule has 0 heterocycles. The van der Waals surface area contributed by atoms with Gasteiger partial charge in [0.2, 0.25) is 15.9 Å². The summed E-state index contributed by atoms with van der Waals surface area (Å²) >= 11 is 0. The molecule has 8 nitrogen and oxygen atoms in total. The minimum atomic E-state index is -3.32. The lowest BCUT2D eigenvalue weighted by Gasteiger charge is -2.20. The topological polar surface area (TPSA) is 130 Å². The van der Waals surface area contributed by atoms with Crippen molar-refractivity contribution in [2.75, 3.05) is 7.05 Å². The molecule has 1 unspecified atom stereocenters. The lowest BCUT2D eigenvalue weighted by Crippen LogP contribution is -2.51. The van der Waals surface area contributed by atoms with Crippen molar-refractivity contribution in [2.45, 2.75) is 32.2 Å². The van der Waals surface area contributed by atoms with E-state index in [-0.39, 0.29) is 24.1 Å². The quantitative estimate of drug-likeness (QED) is 0.524. The summed E-state index contributed by atoms with van der Waals surface area (Å²) in [5.74, 6) is -0.536. The Morgan fingerprint density at radius 2 is 1.67 bits per heavy atom. The third-order valence-electron chi connectivity index (χ3n) is 3.40. The first-order valence-corrected chi connectivity index (χ1v) is 9.12. The van der Waals surface area contributed by atoms with Crippen LogP contribution < -0.4 is 21.1 Å². The molecule has 1 aromatic rings. The van der Waals surface area contributed by atoms with Crippen molar-refractivity contribution in [1.82, 2.24) is 15.4 Å². The number of carbonyl (C=O) groups excluding carboxylic acids is 2. The number of hydrogen-bond acceptors (Lipinski definition) is 4. The molecule has 0 radical (unpaired) electrons. The van der Waals surface area contributed by atoms with Crippen molar-refractivity contribution >= 4 is 22.0 Å². The fourth-order valence-corrected chi connectivity index (χ4v) is 2.81. The van der Waals surface area contributed by atoms with E-state index >= 15 is 0 Å². The van der Waals surface area contributed by atoms with Gasteiger partial charge in [0, 0.05) is 6.54 Å². The lowest BCUT2D eigenvalue weighted by molar-refractivity contribution is -0.124. The Morgan fingerprint density at radius 3 is 2.12 bits per heavy atom. The van der Waals surface area contributed by atoms with Crippen LogP contribution in [0.1, 0.15) is 25.0 Å². The van der Waals surface area contributed by atoms with E-state index in [1.165, 1.54) is 7.05 Å². The molecular formula is C15H24N4O4S. The van der Waals surface area contributed by atoms with E-state index in [9.17, 15) is 18.0 Å². The number of hydrogen-bond donors (Lipinski definition) is 4. The summed E-state index contributed by atoms with van der Waals surface area (Å²) in [5, 5.41) is 5.13. The summed E-state index contributed by atoms with van der Waals surface area (Å²) in [6.07, 6.45) is 0. The van der Waals surface area contributed by atoms with Gasteiger partial charge in [-0.25, -0.2) is 17.9 Å². The van der Waals surface area contributed by atoms with E-state index in [1.807, 2.05) is 0 Å². The smallest absolute Gasteiger partial charge is 0.312 e. The maximum atomic E-state index is 12.1. The third-order valence-corrected chi connectivity index (χ3v) is 4.74. The van der Waals surface area contributed by atoms with Gasteiger partial charge in [-0.15, -0.1) is 0 Å². The molecule has 134 valence electrons. The molecule has 0 aliphatic carbocycles. The molecule has 3 amide bonds. The maximum absolute atomic E-state index is 12.1. The van der Waals surface area contributed by atoms with E-state index < -0.39 is 22.1 Å². The molecule has 0 aromatic heterocycles. The summed E-state index contributed by atoms with van der Waals surface area (Å²) < 4.78 is 25.2. The fraction of sp³-hybridized carbons (Fsp3) is 0.467. The molecule has 0 spiro atoms. The van der Waals surface area contributed by atoms with Crippen LogP contribution in [0, 0.1) is 5.92 Å². The first-order chi connectivity index (χ1) is 11.1. The van der Waals surface area contributed by atoms with Crippen LogP contribution >= 0.6 is 0 Å². The fourth-order valence-electron chi connectivity index (χ4n) is 2.03. The Bertz CT molecular complexity index is 671. The second-order valence-electron chi connectivity index (χ2n) is 5.73. The van der Waals surface area contributed by atoms with Gasteiger partial charge < -0.3 is 16.4 Å². The number of primary amides is 1. The molecular weight excluding hydrogens is 332 g/mol. The number of nitrogens with one attached hydrogen (secondary N) is 3. The monoisotopic (exact) mass is 356 g/mol. The van der Waals surface area contributed by atoms with Crippen LogP contribution in [0.3, 0.4) is 0 Å². The van der Waals surface area contributed by atoms with Gasteiger partial charge in [0.05, 0.1) is 5.75 Å². The molecule has 0 fully saturated rings. The summed E-state index contributed by atoms with van der Waals surface area (Å²) in [6, 6.07) is 5.41. The average Bonchev–Trinajstić information content (AvgIpc) is 2.51. The Labute approximate surface area is 142 Å². The average molecular weight is 356 g/mol. The molecule has 5 N–H and O–H groups in total. The molecule has 0 bridgehead atoms. The molecule has 1 aromatic carbocycles. The normalized spacial score (nSPS) is 12.7. The van der Waals surface area contributed by atoms with Crippen LogP contribution in [-0.4, -0.2) is 33.4 Å². The summed E-state index contributed by atoms with van der Waals surface area (Å²) in [4.78, 5) is 23.1. The third kappa shape index (κ3) is 6.55. The highest BCUT2D eigenvalue weighted by Gasteiger charge is 2.22. The van der Waals surface area contributed by atoms with E-state index in [1.54, 1.807) is 38.1 Å². The lowest BCUT2D eigenvalue weighted by atomic mass is 10.0. The molecule has 9 heteroatoms. The van der Waals surface area contributed by atoms with Gasteiger partial charge in [-0.3, -0.25) is 4.79 Å². The van der Waals surface area contributed by atoms with Crippen LogP contribution in [0.2, 0.25) is 0 Å². The summed E-state index contributed by atoms with van der Waals surface area (Å²) in [7, 11) is -1.95. The number of urea groups is 1. The molecule has 1 rings (SSSR count). The second kappa shape index (κ2) is 8.65. The number of benzene rings is 1. The van der Waals surface area contributed by atoms with E-state index in [2.05, 4.69) is 15.4 Å². The van der Waals surface area contributed by atoms with Crippen LogP contribution in [-0.2, 0) is 27.1 Å². The SMILES string of the molecule is CNS(=O)(=O)Cc1ccc(CNC(=O)C(NC(N)=O)C(C)C)cc1. The maximum Gasteiger partial charge on any atom is 0.312 e. The Kier molecular flexibility index (Phi) is 7.18. The first-order valence-electron chi connectivity index (χ1n) is 7.47. The zero-order chi connectivity index (χ0) is 18.3. The van der Waals surface area contributed by atoms with Gasteiger partial charge in [-0.1, -0.05) is 38.1 Å². The van der Waals surface area contributed by atoms with Crippen molar-refractivity contribution in [2.24, 2.45) is 11.7 Å². The highest BCUT2D eigenvalue weighted by molar-refractivity contribution is 7.88. The Balaban J connectivity index is 2.64. The van der Waals surface area contributed by atoms with Gasteiger partial charge in [0.15, 0.2) is 0 Å². The van der Waals surface area contributed by atoms with E-state index in [4.69, 9.17) is 5.73 Å². The van der Waals surface area contributed by atoms with Crippen LogP contribution in [0.4, 0.5) is 4.79 Å². The number of carbonyl (C=O) groups is 2. The van der Waals surface area contributed by atoms with E-state index in [0.717, 1.165) is 5.56 Å². The molecule has 0 saturated heterocycles. The van der Waals surface area contributed by atoms with Gasteiger partial charge in [-0.05, 0) is 24.1 Å². The number of sulfonamides is 1. The Hall–Kier alpha value is -2.13. The van der Waals surface area contributed by atoms with Gasteiger partial charge >= 0.3 is 6.03 Å². The van der Waals surface area contributed by atoms with Gasteiger partial charge in [0.25, 0.3) is 0 Å². The number of rotatable bonds is 8. The molecule has 1 atom stereocenters. The zero-order valence-electron chi connectivity index (χ0n) is 14.0. The van der Waals surface area contributed by atoms with Crippen molar-refractivity contribution in [3.63, 3.8) is 0 Å². The highest BCUT2D eigenvalue weighted by Crippen LogP contribution is 2.08. The number of amides is 3. The molecule has 0 aliphatic heterocycles. The van der Waals surface area contributed by atoms with Crippen molar-refractivity contribution in [3.05, 3.63) is 35.4 Å². The van der Waals surface area contributed by atoms with Crippen molar-refractivity contribution in [1.29, 1.82) is 0 Å². The van der Waals surface area contributed by atoms with Crippen LogP contribution in [0.25, 0.3) is 0 Å². The Morgan fingerprint density at radius 1 is 1.12 bits per heavy atom. The van der Waals surface area contributed by atoms with Gasteiger partial charge in [0.1, 0.15) is 6.04 Å². The first kappa shape index (κ1) is 19.9. The van der Waals surface area contributed by atoms with Crippen molar-refractivity contribution < 1.29 is 18.0 Å². The van der Waals surface area contributed by atoms with Crippen LogP contribution in [0.5, 0.6) is 0 Å². The van der Waals surface area contributed by atoms with E-state index in [0.29, 0.717) is 5.56 Å². The van der Waals surface area contributed by atoms with Crippen LogP contribution in [0.15, 0.2) is 24.3 Å².